The Labute approximate surface area is 554 Å². The molecular formula is C87H88B2N4. The van der Waals surface area contributed by atoms with Crippen molar-refractivity contribution in [3.8, 4) is 22.3 Å². The second-order valence-electron chi connectivity index (χ2n) is 32.8. The van der Waals surface area contributed by atoms with Gasteiger partial charge in [-0.3, -0.25) is 0 Å². The van der Waals surface area contributed by atoms with E-state index < -0.39 is 0 Å². The van der Waals surface area contributed by atoms with Crippen LogP contribution in [0, 0.1) is 20.8 Å². The average molecular weight is 1210 g/mol. The highest BCUT2D eigenvalue weighted by atomic mass is 15.2. The number of hydrogen-bond donors (Lipinski definition) is 0. The van der Waals surface area contributed by atoms with Crippen LogP contribution in [0.4, 0.5) is 56.9 Å². The van der Waals surface area contributed by atoms with E-state index in [1.807, 2.05) is 0 Å². The highest BCUT2D eigenvalue weighted by Gasteiger charge is 2.51. The Kier molecular flexibility index (Phi) is 12.6. The number of benzene rings is 10. The van der Waals surface area contributed by atoms with Crippen LogP contribution in [-0.2, 0) is 38.9 Å². The van der Waals surface area contributed by atoms with Crippen molar-refractivity contribution in [2.45, 2.75) is 174 Å². The molecule has 0 aromatic heterocycles. The number of fused-ring (bicyclic) bond motifs is 11. The van der Waals surface area contributed by atoms with E-state index in [9.17, 15) is 0 Å². The van der Waals surface area contributed by atoms with E-state index in [4.69, 9.17) is 0 Å². The fourth-order valence-electron chi connectivity index (χ4n) is 18.8. The monoisotopic (exact) mass is 1210 g/mol. The van der Waals surface area contributed by atoms with E-state index >= 15 is 0 Å². The minimum absolute atomic E-state index is 0.00891. The Balaban J connectivity index is 0.851. The third-order valence-electron chi connectivity index (χ3n) is 24.2. The van der Waals surface area contributed by atoms with Gasteiger partial charge in [0.05, 0.1) is 0 Å². The topological polar surface area (TPSA) is 13.0 Å². The zero-order chi connectivity index (χ0) is 64.2. The second kappa shape index (κ2) is 20.0. The van der Waals surface area contributed by atoms with Crippen LogP contribution in [0.5, 0.6) is 0 Å². The van der Waals surface area contributed by atoms with Gasteiger partial charge in [0, 0.05) is 68.0 Å². The van der Waals surface area contributed by atoms with E-state index in [1.165, 1.54) is 169 Å². The van der Waals surface area contributed by atoms with Crippen LogP contribution in [0.3, 0.4) is 0 Å². The predicted molar refractivity (Wildman–Crippen MR) is 398 cm³/mol. The van der Waals surface area contributed by atoms with E-state index in [0.29, 0.717) is 0 Å². The van der Waals surface area contributed by atoms with E-state index in [0.717, 1.165) is 32.1 Å². The Hall–Kier alpha value is -8.47. The van der Waals surface area contributed by atoms with E-state index in [1.54, 1.807) is 0 Å². The lowest BCUT2D eigenvalue weighted by molar-refractivity contribution is 0.310. The molecule has 10 aromatic rings. The van der Waals surface area contributed by atoms with Gasteiger partial charge < -0.3 is 19.4 Å². The van der Waals surface area contributed by atoms with Crippen LogP contribution in [0.15, 0.2) is 194 Å². The molecule has 0 fully saturated rings. The van der Waals surface area contributed by atoms with Gasteiger partial charge in [0.2, 0.25) is 0 Å². The van der Waals surface area contributed by atoms with Gasteiger partial charge >= 0.3 is 13.7 Å². The van der Waals surface area contributed by atoms with Gasteiger partial charge in [0.15, 0.2) is 0 Å². The van der Waals surface area contributed by atoms with Crippen molar-refractivity contribution in [3.63, 3.8) is 0 Å². The maximum Gasteiger partial charge on any atom is 0.333 e. The zero-order valence-electron chi connectivity index (χ0n) is 57.4. The standard InChI is InChI=1S/C87H88B2N4/c1-54-42-63-61-47-57(34-35-73(61)92(59-28-20-16-21-29-59)88-71-32-24-25-33-74(71)90(78(44-54)80(63)88)58-26-18-15-19-27-58)53-87(14)41-40-86(12,13)69-50-75(56(3)46-70(69)87)91-77-52-68-66(83(6,7)37-39-85(68,10)11)49-72(77)89-81-64(43-55(2)45-79(81)91)62-48-65-67(84(8,9)38-36-82(65,4)5)51-76(62)93(89)60-30-22-17-23-31-60/h15-35,42-52H,36-41,53H2,1-14H3. The van der Waals surface area contributed by atoms with Crippen LogP contribution < -0.4 is 41.3 Å². The van der Waals surface area contributed by atoms with Crippen LogP contribution in [0.2, 0.25) is 0 Å². The van der Waals surface area contributed by atoms with Gasteiger partial charge in [-0.1, -0.05) is 179 Å². The van der Waals surface area contributed by atoms with Gasteiger partial charge in [0.1, 0.15) is 0 Å². The zero-order valence-corrected chi connectivity index (χ0v) is 57.4. The van der Waals surface area contributed by atoms with Crippen LogP contribution in [0.1, 0.15) is 170 Å². The van der Waals surface area contributed by atoms with Crippen molar-refractivity contribution >= 4 is 92.4 Å². The summed E-state index contributed by atoms with van der Waals surface area (Å²) >= 11 is 0. The number of para-hydroxylation sites is 4. The molecule has 4 nitrogen and oxygen atoms in total. The molecule has 6 heteroatoms. The molecular weight excluding hydrogens is 1120 g/mol. The summed E-state index contributed by atoms with van der Waals surface area (Å²) in [5.74, 6) is 0. The molecule has 10 aromatic carbocycles. The summed E-state index contributed by atoms with van der Waals surface area (Å²) in [6.45, 7) is 34.7. The van der Waals surface area contributed by atoms with Crippen molar-refractivity contribution < 1.29 is 0 Å². The van der Waals surface area contributed by atoms with Crippen molar-refractivity contribution in [3.05, 3.63) is 250 Å². The highest BCUT2D eigenvalue weighted by Crippen LogP contribution is 2.58. The van der Waals surface area contributed by atoms with E-state index in [2.05, 4.69) is 310 Å². The molecule has 7 aliphatic rings. The first-order valence-electron chi connectivity index (χ1n) is 34.8. The second-order valence-corrected chi connectivity index (χ2v) is 32.8. The van der Waals surface area contributed by atoms with Gasteiger partial charge in [-0.25, -0.2) is 0 Å². The van der Waals surface area contributed by atoms with Gasteiger partial charge in [-0.15, -0.1) is 0 Å². The Bertz CT molecular complexity index is 4790. The number of anilines is 10. The minimum Gasteiger partial charge on any atom is -0.376 e. The quantitative estimate of drug-likeness (QED) is 0.154. The molecule has 17 rings (SSSR count). The molecule has 3 aliphatic carbocycles. The fraction of sp³-hybridized carbons (Fsp3) is 0.310. The number of aryl methyl sites for hydroxylation is 3. The fourth-order valence-corrected chi connectivity index (χ4v) is 18.8. The molecule has 0 radical (unpaired) electrons. The average Bonchev–Trinajstić information content (AvgIpc) is 0.693. The van der Waals surface area contributed by atoms with Crippen LogP contribution in [-0.4, -0.2) is 13.7 Å². The first-order chi connectivity index (χ1) is 44.4. The van der Waals surface area contributed by atoms with Gasteiger partial charge in [-0.2, -0.15) is 0 Å². The normalized spacial score (nSPS) is 19.8. The molecule has 1 atom stereocenters. The summed E-state index contributed by atoms with van der Waals surface area (Å²) in [5, 5.41) is 0. The summed E-state index contributed by atoms with van der Waals surface area (Å²) in [6.07, 6.45) is 7.81. The molecule has 462 valence electrons. The maximum absolute atomic E-state index is 2.78. The lowest BCUT2D eigenvalue weighted by Crippen LogP contribution is -2.62. The lowest BCUT2D eigenvalue weighted by Gasteiger charge is -2.50. The number of hydrogen-bond acceptors (Lipinski definition) is 4. The molecule has 0 bridgehead atoms. The van der Waals surface area contributed by atoms with Crippen molar-refractivity contribution in [1.29, 1.82) is 0 Å². The number of nitrogens with zero attached hydrogens (tertiary/aromatic N) is 4. The number of rotatable bonds is 6. The van der Waals surface area contributed by atoms with Gasteiger partial charge in [-0.05, 0) is 278 Å². The lowest BCUT2D eigenvalue weighted by atomic mass is 9.42. The molecule has 0 N–H and O–H groups in total. The van der Waals surface area contributed by atoms with E-state index in [-0.39, 0.29) is 46.2 Å². The largest absolute Gasteiger partial charge is 0.376 e. The minimum atomic E-state index is -0.128. The summed E-state index contributed by atoms with van der Waals surface area (Å²) in [5.41, 5.74) is 37.8. The van der Waals surface area contributed by atoms with Crippen molar-refractivity contribution in [2.24, 2.45) is 0 Å². The molecule has 4 heterocycles. The Morgan fingerprint density at radius 1 is 0.312 bits per heavy atom. The maximum atomic E-state index is 2.78. The molecule has 1 unspecified atom stereocenters. The van der Waals surface area contributed by atoms with Crippen molar-refractivity contribution in [2.75, 3.05) is 19.4 Å². The summed E-state index contributed by atoms with van der Waals surface area (Å²) in [4.78, 5) is 10.7. The Morgan fingerprint density at radius 2 is 0.753 bits per heavy atom. The third-order valence-corrected chi connectivity index (χ3v) is 24.2. The third kappa shape index (κ3) is 8.64. The first kappa shape index (κ1) is 58.4. The molecule has 0 spiro atoms. The molecule has 0 amide bonds. The Morgan fingerprint density at radius 3 is 1.33 bits per heavy atom. The molecule has 0 saturated carbocycles. The predicted octanol–water partition coefficient (Wildman–Crippen LogP) is 20.3. The smallest absolute Gasteiger partial charge is 0.333 e. The SMILES string of the molecule is Cc1cc2c3c(c1)N(c1ccccc1)c1ccccc1B3N(c1ccccc1)c1ccc(CC3(C)CCC(C)(C)c4cc(N5c6cc7c(cc6B6c8c(cc(C)cc85)-c5cc8c(cc5N6c5ccccc5)C(C)(C)CCC8(C)C)C(C)(C)CCC7(C)C)c(C)cc43)cc1-2. The molecule has 93 heavy (non-hydrogen) atoms. The van der Waals surface area contributed by atoms with Crippen LogP contribution in [0.25, 0.3) is 22.3 Å². The summed E-state index contributed by atoms with van der Waals surface area (Å²) < 4.78 is 0. The summed E-state index contributed by atoms with van der Waals surface area (Å²) in [6, 6.07) is 76.3. The van der Waals surface area contributed by atoms with Crippen molar-refractivity contribution in [1.82, 2.24) is 0 Å². The molecule has 0 saturated heterocycles. The first-order valence-corrected chi connectivity index (χ1v) is 34.8. The van der Waals surface area contributed by atoms with Gasteiger partial charge in [0.25, 0.3) is 0 Å². The van der Waals surface area contributed by atoms with Crippen LogP contribution >= 0.6 is 0 Å². The highest BCUT2D eigenvalue weighted by molar-refractivity contribution is 6.94. The molecule has 4 aliphatic heterocycles. The summed E-state index contributed by atoms with van der Waals surface area (Å²) in [7, 11) is 0.